The Morgan fingerprint density at radius 2 is 2.00 bits per heavy atom. The fourth-order valence-corrected chi connectivity index (χ4v) is 3.94. The first-order valence-corrected chi connectivity index (χ1v) is 8.50. The van der Waals surface area contributed by atoms with Gasteiger partial charge in [0, 0.05) is 35.1 Å². The van der Waals surface area contributed by atoms with Gasteiger partial charge >= 0.3 is 0 Å². The molecular weight excluding hydrogens is 308 g/mol. The maximum absolute atomic E-state index is 6.38. The summed E-state index contributed by atoms with van der Waals surface area (Å²) in [5.74, 6) is 2.44. The molecule has 1 fully saturated rings. The van der Waals surface area contributed by atoms with Gasteiger partial charge in [-0.3, -0.25) is 4.90 Å². The van der Waals surface area contributed by atoms with Crippen molar-refractivity contribution in [1.29, 1.82) is 0 Å². The average molecular weight is 329 g/mol. The standard InChI is InChI=1S/C14H21BrN2S/c1-2-13(16)14(17-7-9-18-10-8-17)11-5-3-4-6-12(11)15/h3-6,13-14H,2,7-10,16H2,1H3. The Morgan fingerprint density at radius 3 is 2.61 bits per heavy atom. The van der Waals surface area contributed by atoms with Gasteiger partial charge in [0.05, 0.1) is 6.04 Å². The molecule has 1 aliphatic rings. The molecule has 0 saturated carbocycles. The summed E-state index contributed by atoms with van der Waals surface area (Å²) in [5, 5.41) is 0. The van der Waals surface area contributed by atoms with Crippen LogP contribution in [0, 0.1) is 0 Å². The van der Waals surface area contributed by atoms with Gasteiger partial charge in [-0.25, -0.2) is 0 Å². The molecule has 2 nitrogen and oxygen atoms in total. The molecule has 2 atom stereocenters. The van der Waals surface area contributed by atoms with Crippen LogP contribution >= 0.6 is 27.7 Å². The largest absolute Gasteiger partial charge is 0.326 e. The second-order valence-electron chi connectivity index (χ2n) is 4.69. The van der Waals surface area contributed by atoms with E-state index in [1.165, 1.54) is 21.5 Å². The monoisotopic (exact) mass is 328 g/mol. The summed E-state index contributed by atoms with van der Waals surface area (Å²) in [7, 11) is 0. The van der Waals surface area contributed by atoms with Crippen LogP contribution < -0.4 is 5.73 Å². The number of hydrogen-bond donors (Lipinski definition) is 1. The number of halogens is 1. The van der Waals surface area contributed by atoms with E-state index >= 15 is 0 Å². The summed E-state index contributed by atoms with van der Waals surface area (Å²) >= 11 is 5.71. The molecule has 0 radical (unpaired) electrons. The predicted octanol–water partition coefficient (Wildman–Crippen LogP) is 3.28. The Hall–Kier alpha value is -0.0300. The third-order valence-corrected chi connectivity index (χ3v) is 5.20. The van der Waals surface area contributed by atoms with Gasteiger partial charge in [-0.2, -0.15) is 11.8 Å². The first kappa shape index (κ1) is 14.4. The molecule has 0 amide bonds. The molecule has 100 valence electrons. The fourth-order valence-electron chi connectivity index (χ4n) is 2.49. The summed E-state index contributed by atoms with van der Waals surface area (Å²) < 4.78 is 1.18. The molecule has 1 aromatic carbocycles. The summed E-state index contributed by atoms with van der Waals surface area (Å²) in [6, 6.07) is 9.02. The van der Waals surface area contributed by atoms with Crippen molar-refractivity contribution in [2.24, 2.45) is 5.73 Å². The summed E-state index contributed by atoms with van der Waals surface area (Å²) in [6.07, 6.45) is 1.01. The van der Waals surface area contributed by atoms with Gasteiger partial charge in [0.15, 0.2) is 0 Å². The molecule has 1 aliphatic heterocycles. The van der Waals surface area contributed by atoms with Crippen molar-refractivity contribution >= 4 is 27.7 Å². The maximum Gasteiger partial charge on any atom is 0.0510 e. The van der Waals surface area contributed by atoms with Crippen LogP contribution in [0.4, 0.5) is 0 Å². The SMILES string of the molecule is CCC(N)C(c1ccccc1Br)N1CCSCC1. The number of rotatable bonds is 4. The zero-order valence-corrected chi connectivity index (χ0v) is 13.2. The van der Waals surface area contributed by atoms with Gasteiger partial charge < -0.3 is 5.73 Å². The van der Waals surface area contributed by atoms with Gasteiger partial charge in [-0.05, 0) is 18.1 Å². The maximum atomic E-state index is 6.38. The first-order valence-electron chi connectivity index (χ1n) is 6.56. The second kappa shape index (κ2) is 6.94. The van der Waals surface area contributed by atoms with Crippen LogP contribution in [0.3, 0.4) is 0 Å². The lowest BCUT2D eigenvalue weighted by Crippen LogP contribution is -2.44. The molecule has 1 heterocycles. The minimum Gasteiger partial charge on any atom is -0.326 e. The van der Waals surface area contributed by atoms with E-state index in [4.69, 9.17) is 5.73 Å². The minimum atomic E-state index is 0.201. The van der Waals surface area contributed by atoms with Crippen molar-refractivity contribution in [2.75, 3.05) is 24.6 Å². The Labute approximate surface area is 122 Å². The minimum absolute atomic E-state index is 0.201. The van der Waals surface area contributed by atoms with E-state index in [1.807, 2.05) is 11.8 Å². The van der Waals surface area contributed by atoms with Crippen molar-refractivity contribution in [3.63, 3.8) is 0 Å². The van der Waals surface area contributed by atoms with E-state index in [0.29, 0.717) is 6.04 Å². The lowest BCUT2D eigenvalue weighted by Gasteiger charge is -2.38. The Bertz CT molecular complexity index is 380. The quantitative estimate of drug-likeness (QED) is 0.919. The van der Waals surface area contributed by atoms with Crippen LogP contribution in [0.25, 0.3) is 0 Å². The molecule has 18 heavy (non-hydrogen) atoms. The van der Waals surface area contributed by atoms with Crippen molar-refractivity contribution in [1.82, 2.24) is 4.90 Å². The first-order chi connectivity index (χ1) is 8.74. The van der Waals surface area contributed by atoms with Crippen LogP contribution in [0.1, 0.15) is 24.9 Å². The smallest absolute Gasteiger partial charge is 0.0510 e. The van der Waals surface area contributed by atoms with Crippen LogP contribution in [0.5, 0.6) is 0 Å². The molecule has 0 aliphatic carbocycles. The van der Waals surface area contributed by atoms with Crippen LogP contribution in [0.2, 0.25) is 0 Å². The summed E-state index contributed by atoms with van der Waals surface area (Å²) in [6.45, 7) is 4.46. The normalized spacial score (nSPS) is 20.6. The number of nitrogens with zero attached hydrogens (tertiary/aromatic N) is 1. The molecule has 2 unspecified atom stereocenters. The number of thioether (sulfide) groups is 1. The molecule has 1 aromatic rings. The fraction of sp³-hybridized carbons (Fsp3) is 0.571. The van der Waals surface area contributed by atoms with Crippen LogP contribution in [-0.4, -0.2) is 35.5 Å². The van der Waals surface area contributed by atoms with E-state index < -0.39 is 0 Å². The van der Waals surface area contributed by atoms with E-state index in [1.54, 1.807) is 0 Å². The molecule has 1 saturated heterocycles. The topological polar surface area (TPSA) is 29.3 Å². The van der Waals surface area contributed by atoms with E-state index in [9.17, 15) is 0 Å². The van der Waals surface area contributed by atoms with Gasteiger partial charge in [-0.1, -0.05) is 41.1 Å². The van der Waals surface area contributed by atoms with Gasteiger partial charge in [-0.15, -0.1) is 0 Å². The Balaban J connectivity index is 2.27. The Kier molecular flexibility index (Phi) is 5.55. The van der Waals surface area contributed by atoms with Crippen molar-refractivity contribution < 1.29 is 0 Å². The van der Waals surface area contributed by atoms with Crippen LogP contribution in [0.15, 0.2) is 28.7 Å². The van der Waals surface area contributed by atoms with Gasteiger partial charge in [0.25, 0.3) is 0 Å². The number of benzene rings is 1. The molecule has 4 heteroatoms. The molecule has 2 N–H and O–H groups in total. The highest BCUT2D eigenvalue weighted by molar-refractivity contribution is 9.10. The lowest BCUT2D eigenvalue weighted by atomic mass is 9.96. The van der Waals surface area contributed by atoms with E-state index in [2.05, 4.69) is 52.0 Å². The lowest BCUT2D eigenvalue weighted by molar-refractivity contribution is 0.186. The third kappa shape index (κ3) is 3.29. The number of hydrogen-bond acceptors (Lipinski definition) is 3. The predicted molar refractivity (Wildman–Crippen MR) is 84.0 cm³/mol. The molecule has 0 spiro atoms. The summed E-state index contributed by atoms with van der Waals surface area (Å²) in [4.78, 5) is 2.55. The Morgan fingerprint density at radius 1 is 1.33 bits per heavy atom. The zero-order chi connectivity index (χ0) is 13.0. The molecule has 2 rings (SSSR count). The highest BCUT2D eigenvalue weighted by Crippen LogP contribution is 2.32. The third-order valence-electron chi connectivity index (χ3n) is 3.54. The summed E-state index contributed by atoms with van der Waals surface area (Å²) in [5.41, 5.74) is 7.71. The van der Waals surface area contributed by atoms with Crippen molar-refractivity contribution in [2.45, 2.75) is 25.4 Å². The molecule has 0 bridgehead atoms. The second-order valence-corrected chi connectivity index (χ2v) is 6.77. The van der Waals surface area contributed by atoms with Crippen molar-refractivity contribution in [3.8, 4) is 0 Å². The zero-order valence-electron chi connectivity index (χ0n) is 10.8. The number of nitrogens with two attached hydrogens (primary N) is 1. The van der Waals surface area contributed by atoms with Gasteiger partial charge in [0.1, 0.15) is 0 Å². The average Bonchev–Trinajstić information content (AvgIpc) is 2.42. The van der Waals surface area contributed by atoms with Gasteiger partial charge in [0.2, 0.25) is 0 Å². The van der Waals surface area contributed by atoms with E-state index in [-0.39, 0.29) is 6.04 Å². The highest BCUT2D eigenvalue weighted by atomic mass is 79.9. The van der Waals surface area contributed by atoms with E-state index in [0.717, 1.165) is 19.5 Å². The molecular formula is C14H21BrN2S. The van der Waals surface area contributed by atoms with Crippen molar-refractivity contribution in [3.05, 3.63) is 34.3 Å². The van der Waals surface area contributed by atoms with Crippen LogP contribution in [-0.2, 0) is 0 Å². The molecule has 0 aromatic heterocycles. The highest BCUT2D eigenvalue weighted by Gasteiger charge is 2.28.